The van der Waals surface area contributed by atoms with Crippen molar-refractivity contribution in [1.29, 1.82) is 0 Å². The molecule has 18 heavy (non-hydrogen) atoms. The number of rotatable bonds is 2. The van der Waals surface area contributed by atoms with Gasteiger partial charge in [-0.2, -0.15) is 0 Å². The Kier molecular flexibility index (Phi) is 4.52. The summed E-state index contributed by atoms with van der Waals surface area (Å²) in [5, 5.41) is 4.31. The number of fused-ring (bicyclic) bond motifs is 1. The predicted octanol–water partition coefficient (Wildman–Crippen LogP) is 3.22. The van der Waals surface area contributed by atoms with Gasteiger partial charge < -0.3 is 4.90 Å². The van der Waals surface area contributed by atoms with Crippen molar-refractivity contribution >= 4 is 17.3 Å². The van der Waals surface area contributed by atoms with Crippen molar-refractivity contribution in [3.63, 3.8) is 0 Å². The second-order valence-electron chi connectivity index (χ2n) is 4.55. The molecule has 0 radical (unpaired) electrons. The van der Waals surface area contributed by atoms with Crippen LogP contribution in [0.5, 0.6) is 0 Å². The Morgan fingerprint density at radius 1 is 1.44 bits per heavy atom. The lowest BCUT2D eigenvalue weighted by molar-refractivity contribution is 0.512. The molecular weight excluding hydrogens is 244 g/mol. The first-order chi connectivity index (χ1) is 8.72. The summed E-state index contributed by atoms with van der Waals surface area (Å²) in [5.41, 5.74) is 2.56. The number of benzene rings is 1. The van der Waals surface area contributed by atoms with Gasteiger partial charge in [0.25, 0.3) is 0 Å². The van der Waals surface area contributed by atoms with Crippen LogP contribution >= 0.6 is 11.6 Å². The van der Waals surface area contributed by atoms with E-state index in [1.54, 1.807) is 0 Å². The van der Waals surface area contributed by atoms with Gasteiger partial charge in [0.2, 0.25) is 0 Å². The van der Waals surface area contributed by atoms with Gasteiger partial charge in [-0.1, -0.05) is 30.5 Å². The molecule has 1 heterocycles. The van der Waals surface area contributed by atoms with Crippen LogP contribution in [0.25, 0.3) is 0 Å². The molecule has 0 aliphatic carbocycles. The van der Waals surface area contributed by atoms with Crippen molar-refractivity contribution < 1.29 is 0 Å². The number of halogens is 1. The van der Waals surface area contributed by atoms with E-state index in [2.05, 4.69) is 42.1 Å². The van der Waals surface area contributed by atoms with Crippen LogP contribution in [0.4, 0.5) is 5.69 Å². The van der Waals surface area contributed by atoms with Crippen LogP contribution in [0.2, 0.25) is 5.02 Å². The van der Waals surface area contributed by atoms with Gasteiger partial charge in [0, 0.05) is 36.8 Å². The normalized spacial score (nSPS) is 17.9. The lowest BCUT2D eigenvalue weighted by Crippen LogP contribution is -2.33. The Morgan fingerprint density at radius 2 is 2.28 bits per heavy atom. The van der Waals surface area contributed by atoms with Crippen molar-refractivity contribution in [3.05, 3.63) is 28.8 Å². The van der Waals surface area contributed by atoms with Gasteiger partial charge in [-0.15, -0.1) is 5.92 Å². The molecule has 0 spiro atoms. The molecule has 1 aliphatic heterocycles. The SMILES string of the molecule is CCC#CCNC1CCN(C)c2cc(Cl)ccc21. The lowest BCUT2D eigenvalue weighted by Gasteiger charge is -2.33. The number of nitrogens with one attached hydrogen (secondary N) is 1. The highest BCUT2D eigenvalue weighted by Gasteiger charge is 2.22. The maximum absolute atomic E-state index is 6.07. The smallest absolute Gasteiger partial charge is 0.0581 e. The minimum absolute atomic E-state index is 0.389. The molecule has 96 valence electrons. The molecular formula is C15H19ClN2. The fourth-order valence-electron chi connectivity index (χ4n) is 2.31. The summed E-state index contributed by atoms with van der Waals surface area (Å²) in [6.45, 7) is 3.87. The predicted molar refractivity (Wildman–Crippen MR) is 78.1 cm³/mol. The molecule has 1 N–H and O–H groups in total. The van der Waals surface area contributed by atoms with Gasteiger partial charge in [-0.3, -0.25) is 5.32 Å². The summed E-state index contributed by atoms with van der Waals surface area (Å²) >= 11 is 6.07. The third kappa shape index (κ3) is 2.98. The second kappa shape index (κ2) is 6.13. The first-order valence-corrected chi connectivity index (χ1v) is 6.80. The van der Waals surface area contributed by atoms with E-state index < -0.39 is 0 Å². The van der Waals surface area contributed by atoms with Crippen LogP contribution in [0.15, 0.2) is 18.2 Å². The summed E-state index contributed by atoms with van der Waals surface area (Å²) in [5.74, 6) is 6.22. The molecule has 2 rings (SSSR count). The molecule has 0 saturated heterocycles. The molecule has 3 heteroatoms. The average molecular weight is 263 g/mol. The van der Waals surface area contributed by atoms with Gasteiger partial charge in [0.05, 0.1) is 6.54 Å². The van der Waals surface area contributed by atoms with E-state index >= 15 is 0 Å². The lowest BCUT2D eigenvalue weighted by atomic mass is 9.97. The third-order valence-electron chi connectivity index (χ3n) is 3.27. The van der Waals surface area contributed by atoms with Gasteiger partial charge in [-0.25, -0.2) is 0 Å². The zero-order valence-corrected chi connectivity index (χ0v) is 11.7. The van der Waals surface area contributed by atoms with Gasteiger partial charge in [0.1, 0.15) is 0 Å². The summed E-state index contributed by atoms with van der Waals surface area (Å²) in [6, 6.07) is 6.52. The van der Waals surface area contributed by atoms with E-state index in [1.807, 2.05) is 12.1 Å². The maximum atomic E-state index is 6.07. The van der Waals surface area contributed by atoms with E-state index in [0.29, 0.717) is 6.04 Å². The number of hydrogen-bond donors (Lipinski definition) is 1. The molecule has 1 aliphatic rings. The minimum atomic E-state index is 0.389. The highest BCUT2D eigenvalue weighted by atomic mass is 35.5. The Bertz CT molecular complexity index is 473. The highest BCUT2D eigenvalue weighted by molar-refractivity contribution is 6.30. The van der Waals surface area contributed by atoms with E-state index in [9.17, 15) is 0 Å². The quantitative estimate of drug-likeness (QED) is 0.824. The summed E-state index contributed by atoms with van der Waals surface area (Å²) in [4.78, 5) is 2.26. The molecule has 2 nitrogen and oxygen atoms in total. The Morgan fingerprint density at radius 3 is 3.06 bits per heavy atom. The maximum Gasteiger partial charge on any atom is 0.0581 e. The van der Waals surface area contributed by atoms with Crippen molar-refractivity contribution in [1.82, 2.24) is 5.32 Å². The Hall–Kier alpha value is -1.17. The molecule has 0 saturated carbocycles. The first kappa shape index (κ1) is 13.3. The van der Waals surface area contributed by atoms with E-state index in [1.165, 1.54) is 11.3 Å². The van der Waals surface area contributed by atoms with E-state index in [-0.39, 0.29) is 0 Å². The standard InChI is InChI=1S/C15H19ClN2/c1-3-4-5-9-17-14-8-10-18(2)15-11-12(16)6-7-13(14)15/h6-7,11,14,17H,3,8-10H2,1-2H3. The fourth-order valence-corrected chi connectivity index (χ4v) is 2.48. The van der Waals surface area contributed by atoms with Gasteiger partial charge in [-0.05, 0) is 24.1 Å². The van der Waals surface area contributed by atoms with Crippen molar-refractivity contribution in [2.24, 2.45) is 0 Å². The monoisotopic (exact) mass is 262 g/mol. The van der Waals surface area contributed by atoms with Crippen LogP contribution in [0.1, 0.15) is 31.4 Å². The van der Waals surface area contributed by atoms with Crippen LogP contribution in [-0.2, 0) is 0 Å². The number of anilines is 1. The van der Waals surface area contributed by atoms with Crippen LogP contribution in [-0.4, -0.2) is 20.1 Å². The molecule has 1 unspecified atom stereocenters. The van der Waals surface area contributed by atoms with Crippen molar-refractivity contribution in [2.75, 3.05) is 25.0 Å². The van der Waals surface area contributed by atoms with Gasteiger partial charge >= 0.3 is 0 Å². The molecule has 0 bridgehead atoms. The first-order valence-electron chi connectivity index (χ1n) is 6.42. The van der Waals surface area contributed by atoms with Crippen LogP contribution in [0.3, 0.4) is 0 Å². The molecule has 1 aromatic carbocycles. The van der Waals surface area contributed by atoms with Crippen molar-refractivity contribution in [2.45, 2.75) is 25.8 Å². The van der Waals surface area contributed by atoms with Crippen LogP contribution in [0, 0.1) is 11.8 Å². The minimum Gasteiger partial charge on any atom is -0.374 e. The van der Waals surface area contributed by atoms with Crippen molar-refractivity contribution in [3.8, 4) is 11.8 Å². The summed E-state index contributed by atoms with van der Waals surface area (Å²) in [7, 11) is 2.11. The Balaban J connectivity index is 2.13. The van der Waals surface area contributed by atoms with E-state index in [0.717, 1.165) is 31.0 Å². The molecule has 1 atom stereocenters. The topological polar surface area (TPSA) is 15.3 Å². The highest BCUT2D eigenvalue weighted by Crippen LogP contribution is 2.34. The van der Waals surface area contributed by atoms with E-state index in [4.69, 9.17) is 11.6 Å². The van der Waals surface area contributed by atoms with Gasteiger partial charge in [0.15, 0.2) is 0 Å². The number of nitrogens with zero attached hydrogens (tertiary/aromatic N) is 1. The molecule has 1 aromatic rings. The fraction of sp³-hybridized carbons (Fsp3) is 0.467. The summed E-state index contributed by atoms with van der Waals surface area (Å²) < 4.78 is 0. The van der Waals surface area contributed by atoms with Crippen LogP contribution < -0.4 is 10.2 Å². The molecule has 0 fully saturated rings. The average Bonchev–Trinajstić information content (AvgIpc) is 2.37. The zero-order valence-electron chi connectivity index (χ0n) is 11.0. The third-order valence-corrected chi connectivity index (χ3v) is 3.51. The second-order valence-corrected chi connectivity index (χ2v) is 4.99. The number of hydrogen-bond acceptors (Lipinski definition) is 2. The summed E-state index contributed by atoms with van der Waals surface area (Å²) in [6.07, 6.45) is 2.03. The zero-order chi connectivity index (χ0) is 13.0. The molecule has 0 amide bonds. The molecule has 0 aromatic heterocycles. The Labute approximate surface area is 114 Å². The largest absolute Gasteiger partial charge is 0.374 e.